The number of β-amino-alcohol motifs (C(OH)–C–C–N with tert-alkyl or cyclic N) is 1. The second-order valence-electron chi connectivity index (χ2n) is 10.6. The number of nitrogens with one attached hydrogen (secondary N) is 2. The van der Waals surface area contributed by atoms with Gasteiger partial charge in [-0.1, -0.05) is 45.0 Å². The average molecular weight is 640 g/mol. The van der Waals surface area contributed by atoms with Gasteiger partial charge in [0.25, 0.3) is 0 Å². The third kappa shape index (κ3) is 6.60. The van der Waals surface area contributed by atoms with Crippen LogP contribution in [0.2, 0.25) is 0 Å². The number of likely N-dealkylation sites (tertiary alicyclic amines) is 1. The summed E-state index contributed by atoms with van der Waals surface area (Å²) in [5.41, 5.74) is 3.83. The molecule has 4 rings (SSSR count). The van der Waals surface area contributed by atoms with Crippen LogP contribution in [-0.2, 0) is 26.2 Å². The van der Waals surface area contributed by atoms with Crippen LogP contribution in [0.4, 0.5) is 0 Å². The number of thiazole rings is 1. The van der Waals surface area contributed by atoms with Gasteiger partial charge in [0, 0.05) is 19.5 Å². The van der Waals surface area contributed by atoms with Gasteiger partial charge in [-0.3, -0.25) is 9.59 Å². The third-order valence-electron chi connectivity index (χ3n) is 6.55. The highest BCUT2D eigenvalue weighted by Gasteiger charge is 2.45. The van der Waals surface area contributed by atoms with Crippen LogP contribution in [0.25, 0.3) is 10.4 Å². The van der Waals surface area contributed by atoms with E-state index in [0.717, 1.165) is 28.0 Å². The lowest BCUT2D eigenvalue weighted by molar-refractivity contribution is -0.141. The van der Waals surface area contributed by atoms with Crippen molar-refractivity contribution >= 4 is 49.1 Å². The highest BCUT2D eigenvalue weighted by Crippen LogP contribution is 2.30. The molecule has 1 fully saturated rings. The molecule has 3 atom stereocenters. The molecule has 0 saturated carbocycles. The first-order valence-corrected chi connectivity index (χ1v) is 15.4. The van der Waals surface area contributed by atoms with E-state index in [2.05, 4.69) is 31.0 Å². The number of sulfonamides is 1. The molecule has 2 amide bonds. The zero-order chi connectivity index (χ0) is 28.5. The number of aromatic nitrogens is 1. The molecule has 2 aromatic heterocycles. The number of benzene rings is 1. The lowest BCUT2D eigenvalue weighted by Gasteiger charge is -2.35. The van der Waals surface area contributed by atoms with E-state index in [9.17, 15) is 23.1 Å². The Bertz CT molecular complexity index is 1450. The van der Waals surface area contributed by atoms with Crippen LogP contribution in [0.3, 0.4) is 0 Å². The minimum atomic E-state index is -4.13. The largest absolute Gasteiger partial charge is 0.470 e. The van der Waals surface area contributed by atoms with Gasteiger partial charge in [0.15, 0.2) is 0 Å². The van der Waals surface area contributed by atoms with Crippen molar-refractivity contribution in [2.45, 2.75) is 63.7 Å². The summed E-state index contributed by atoms with van der Waals surface area (Å²) >= 11 is 4.70. The van der Waals surface area contributed by atoms with Crippen LogP contribution >= 0.6 is 27.3 Å². The summed E-state index contributed by atoms with van der Waals surface area (Å²) in [7, 11) is -4.13. The number of hydrogen-bond donors (Lipinski definition) is 3. The summed E-state index contributed by atoms with van der Waals surface area (Å²) < 4.78 is 33.8. The molecule has 1 aliphatic heterocycles. The molecule has 0 bridgehead atoms. The molecule has 210 valence electrons. The van der Waals surface area contributed by atoms with Gasteiger partial charge in [0.1, 0.15) is 29.5 Å². The summed E-state index contributed by atoms with van der Waals surface area (Å²) in [5.74, 6) is -1.01. The molecule has 3 aromatic rings. The fourth-order valence-corrected chi connectivity index (χ4v) is 7.44. The predicted octanol–water partition coefficient (Wildman–Crippen LogP) is 3.45. The quantitative estimate of drug-likeness (QED) is 0.343. The van der Waals surface area contributed by atoms with Crippen molar-refractivity contribution in [3.8, 4) is 10.4 Å². The molecule has 13 heteroatoms. The van der Waals surface area contributed by atoms with Crippen molar-refractivity contribution in [2.75, 3.05) is 6.54 Å². The molecule has 1 aliphatic rings. The summed E-state index contributed by atoms with van der Waals surface area (Å²) in [5, 5.41) is 13.2. The Labute approximate surface area is 240 Å². The van der Waals surface area contributed by atoms with Crippen molar-refractivity contribution in [1.29, 1.82) is 0 Å². The van der Waals surface area contributed by atoms with Crippen molar-refractivity contribution in [1.82, 2.24) is 19.9 Å². The molecule has 1 aromatic carbocycles. The summed E-state index contributed by atoms with van der Waals surface area (Å²) in [6, 6.07) is 5.62. The van der Waals surface area contributed by atoms with Gasteiger partial charge in [-0.2, -0.15) is 4.72 Å². The SMILES string of the molecule is Cc1ncsc1-c1ccc(CNC(=O)[C@@H]2C[C@@H](O)CN2C(=O)[C@H](NS(=O)(=O)c2cocc2Br)C(C)(C)C)cc1. The van der Waals surface area contributed by atoms with Crippen molar-refractivity contribution in [3.05, 3.63) is 58.0 Å². The smallest absolute Gasteiger partial charge is 0.245 e. The monoisotopic (exact) mass is 638 g/mol. The number of aliphatic hydroxyl groups excluding tert-OH is 1. The van der Waals surface area contributed by atoms with Gasteiger partial charge in [-0.05, 0) is 39.4 Å². The summed E-state index contributed by atoms with van der Waals surface area (Å²) in [6.45, 7) is 7.28. The maximum absolute atomic E-state index is 13.7. The van der Waals surface area contributed by atoms with Crippen molar-refractivity contribution in [3.63, 3.8) is 0 Å². The number of nitrogens with zero attached hydrogens (tertiary/aromatic N) is 2. The molecule has 1 saturated heterocycles. The summed E-state index contributed by atoms with van der Waals surface area (Å²) in [4.78, 5) is 33.4. The van der Waals surface area contributed by atoms with E-state index in [1.165, 1.54) is 11.2 Å². The zero-order valence-electron chi connectivity index (χ0n) is 22.0. The lowest BCUT2D eigenvalue weighted by atomic mass is 9.86. The molecule has 3 N–H and O–H groups in total. The lowest BCUT2D eigenvalue weighted by Crippen LogP contribution is -2.57. The number of carbonyl (C=O) groups is 2. The Morgan fingerprint density at radius 1 is 1.26 bits per heavy atom. The van der Waals surface area contributed by atoms with Gasteiger partial charge in [-0.15, -0.1) is 11.3 Å². The number of rotatable bonds is 8. The van der Waals surface area contributed by atoms with E-state index in [1.807, 2.05) is 31.2 Å². The van der Waals surface area contributed by atoms with E-state index in [1.54, 1.807) is 37.6 Å². The molecule has 39 heavy (non-hydrogen) atoms. The van der Waals surface area contributed by atoms with E-state index >= 15 is 0 Å². The number of aliphatic hydroxyl groups is 1. The number of halogens is 1. The number of furan rings is 1. The maximum Gasteiger partial charge on any atom is 0.245 e. The predicted molar refractivity (Wildman–Crippen MR) is 150 cm³/mol. The van der Waals surface area contributed by atoms with Crippen LogP contribution < -0.4 is 10.0 Å². The first-order valence-electron chi connectivity index (χ1n) is 12.3. The van der Waals surface area contributed by atoms with Gasteiger partial charge >= 0.3 is 0 Å². The second-order valence-corrected chi connectivity index (χ2v) is 14.0. The Kier molecular flexibility index (Phi) is 8.67. The van der Waals surface area contributed by atoms with Crippen molar-refractivity contribution in [2.24, 2.45) is 5.41 Å². The van der Waals surface area contributed by atoms with Gasteiger partial charge in [-0.25, -0.2) is 13.4 Å². The summed E-state index contributed by atoms with van der Waals surface area (Å²) in [6.07, 6.45) is 1.44. The van der Waals surface area contributed by atoms with Gasteiger partial charge in [0.2, 0.25) is 21.8 Å². The topological polar surface area (TPSA) is 142 Å². The second kappa shape index (κ2) is 11.5. The molecule has 0 spiro atoms. The molecule has 0 unspecified atom stereocenters. The fraction of sp³-hybridized carbons (Fsp3) is 0.423. The standard InChI is InChI=1S/C26H31BrN4O6S2/c1-15-22(38-14-29-15)17-7-5-16(6-8-17)10-28-24(33)20-9-18(32)11-31(20)25(34)23(26(2,3)4)30-39(35,36)21-13-37-12-19(21)27/h5-8,12-14,18,20,23,30,32H,9-11H2,1-4H3,(H,28,33)/t18-,20+,23+/m1/s1. The van der Waals surface area contributed by atoms with Gasteiger partial charge in [0.05, 0.1) is 26.7 Å². The Morgan fingerprint density at radius 2 is 1.95 bits per heavy atom. The Hall–Kier alpha value is -2.58. The first-order chi connectivity index (χ1) is 18.3. The van der Waals surface area contributed by atoms with Crippen LogP contribution in [0.5, 0.6) is 0 Å². The minimum Gasteiger partial charge on any atom is -0.470 e. The molecule has 0 aliphatic carbocycles. The Balaban J connectivity index is 1.47. The molecular weight excluding hydrogens is 608 g/mol. The number of aryl methyl sites for hydroxylation is 1. The van der Waals surface area contributed by atoms with E-state index in [0.29, 0.717) is 0 Å². The van der Waals surface area contributed by atoms with Gasteiger partial charge < -0.3 is 19.7 Å². The first kappa shape index (κ1) is 29.4. The van der Waals surface area contributed by atoms with Crippen LogP contribution in [0.15, 0.2) is 56.1 Å². The van der Waals surface area contributed by atoms with E-state index in [4.69, 9.17) is 4.42 Å². The third-order valence-corrected chi connectivity index (χ3v) is 9.85. The van der Waals surface area contributed by atoms with E-state index in [-0.39, 0.29) is 28.9 Å². The van der Waals surface area contributed by atoms with E-state index < -0.39 is 45.4 Å². The highest BCUT2D eigenvalue weighted by atomic mass is 79.9. The Morgan fingerprint density at radius 3 is 2.51 bits per heavy atom. The molecule has 10 nitrogen and oxygen atoms in total. The molecular formula is C26H31BrN4O6S2. The molecule has 0 radical (unpaired) electrons. The maximum atomic E-state index is 13.7. The average Bonchev–Trinajstić information content (AvgIpc) is 3.60. The minimum absolute atomic E-state index is 0.0536. The van der Waals surface area contributed by atoms with Crippen LogP contribution in [-0.4, -0.2) is 60.0 Å². The van der Waals surface area contributed by atoms with Crippen LogP contribution in [0, 0.1) is 12.3 Å². The highest BCUT2D eigenvalue weighted by molar-refractivity contribution is 9.10. The van der Waals surface area contributed by atoms with Crippen molar-refractivity contribution < 1.29 is 27.5 Å². The molecule has 3 heterocycles. The number of amides is 2. The van der Waals surface area contributed by atoms with Crippen LogP contribution in [0.1, 0.15) is 38.4 Å². The normalized spacial score (nSPS) is 18.8. The number of hydrogen-bond acceptors (Lipinski definition) is 8. The number of carbonyl (C=O) groups excluding carboxylic acids is 2. The fourth-order valence-electron chi connectivity index (χ4n) is 4.41. The zero-order valence-corrected chi connectivity index (χ0v) is 25.2.